The normalized spacial score (nSPS) is 26.5. The number of allylic oxidation sites excluding steroid dienone is 1. The molecule has 0 saturated carbocycles. The van der Waals surface area contributed by atoms with E-state index in [0.29, 0.717) is 5.88 Å². The molecule has 1 fully saturated rings. The molecule has 0 aromatic carbocycles. The average molecular weight is 228 g/mol. The zero-order valence-corrected chi connectivity index (χ0v) is 8.55. The van der Waals surface area contributed by atoms with Gasteiger partial charge in [0.15, 0.2) is 5.88 Å². The molecule has 0 radical (unpaired) electrons. The van der Waals surface area contributed by atoms with Gasteiger partial charge in [0, 0.05) is 11.8 Å². The van der Waals surface area contributed by atoms with Crippen LogP contribution in [-0.4, -0.2) is 35.8 Å². The van der Waals surface area contributed by atoms with Crippen LogP contribution in [0, 0.1) is 0 Å². The van der Waals surface area contributed by atoms with Gasteiger partial charge in [0.2, 0.25) is 0 Å². The first kappa shape index (κ1) is 10.6. The first-order chi connectivity index (χ1) is 5.94. The topological polar surface area (TPSA) is 66.8 Å². The van der Waals surface area contributed by atoms with Crippen molar-refractivity contribution in [3.05, 3.63) is 12.0 Å². The maximum Gasteiger partial charge on any atom is 0.267 e. The number of nitrogens with zero attached hydrogens (tertiary/aromatic N) is 1. The molecular weight excluding hydrogens is 218 g/mol. The van der Waals surface area contributed by atoms with Crippen LogP contribution in [-0.2, 0) is 14.9 Å². The Labute approximate surface area is 81.8 Å². The van der Waals surface area contributed by atoms with E-state index >= 15 is 0 Å². The van der Waals surface area contributed by atoms with Crippen LogP contribution >= 0.6 is 11.8 Å². The summed E-state index contributed by atoms with van der Waals surface area (Å²) in [5.41, 5.74) is 0. The highest BCUT2D eigenvalue weighted by Crippen LogP contribution is 2.23. The molecule has 1 aliphatic rings. The molecule has 0 spiro atoms. The SMILES string of the molecule is CC=C1OCC(CS(=O)(=O)O)N1Cl. The second-order valence-electron chi connectivity index (χ2n) is 2.65. The Bertz CT molecular complexity index is 313. The van der Waals surface area contributed by atoms with Crippen molar-refractivity contribution in [3.8, 4) is 0 Å². The summed E-state index contributed by atoms with van der Waals surface area (Å²) in [6.07, 6.45) is 1.62. The van der Waals surface area contributed by atoms with Crippen LogP contribution in [0.4, 0.5) is 0 Å². The average Bonchev–Trinajstić information content (AvgIpc) is 2.30. The molecule has 76 valence electrons. The molecule has 0 aromatic rings. The molecule has 1 unspecified atom stereocenters. The lowest BCUT2D eigenvalue weighted by molar-refractivity contribution is 0.251. The van der Waals surface area contributed by atoms with Crippen molar-refractivity contribution in [3.63, 3.8) is 0 Å². The molecule has 1 saturated heterocycles. The zero-order chi connectivity index (χ0) is 10.1. The second kappa shape index (κ2) is 3.73. The fourth-order valence-corrected chi connectivity index (χ4v) is 2.14. The molecule has 13 heavy (non-hydrogen) atoms. The second-order valence-corrected chi connectivity index (χ2v) is 4.51. The summed E-state index contributed by atoms with van der Waals surface area (Å²) in [5.74, 6) is -0.0104. The van der Waals surface area contributed by atoms with Crippen LogP contribution in [0.5, 0.6) is 0 Å². The van der Waals surface area contributed by atoms with Crippen LogP contribution in [0.3, 0.4) is 0 Å². The van der Waals surface area contributed by atoms with Crippen molar-refractivity contribution < 1.29 is 17.7 Å². The molecular formula is C6H10ClNO4S. The van der Waals surface area contributed by atoms with Gasteiger partial charge in [0.25, 0.3) is 10.1 Å². The number of halogens is 1. The summed E-state index contributed by atoms with van der Waals surface area (Å²) in [4.78, 5) is 0. The summed E-state index contributed by atoms with van der Waals surface area (Å²) < 4.78 is 35.8. The highest BCUT2D eigenvalue weighted by molar-refractivity contribution is 7.85. The van der Waals surface area contributed by atoms with Crippen LogP contribution in [0.15, 0.2) is 12.0 Å². The number of rotatable bonds is 2. The van der Waals surface area contributed by atoms with E-state index in [2.05, 4.69) is 0 Å². The Hall–Kier alpha value is -0.460. The summed E-state index contributed by atoms with van der Waals surface area (Å²) in [7, 11) is -4.01. The van der Waals surface area contributed by atoms with Crippen LogP contribution in [0.25, 0.3) is 0 Å². The van der Waals surface area contributed by atoms with E-state index in [-0.39, 0.29) is 6.61 Å². The van der Waals surface area contributed by atoms with Crippen molar-refractivity contribution in [2.24, 2.45) is 0 Å². The van der Waals surface area contributed by atoms with Crippen molar-refractivity contribution in [1.29, 1.82) is 0 Å². The maximum atomic E-state index is 10.5. The molecule has 0 amide bonds. The third kappa shape index (κ3) is 2.75. The highest BCUT2D eigenvalue weighted by atomic mass is 35.5. The molecule has 1 aliphatic heterocycles. The lowest BCUT2D eigenvalue weighted by Gasteiger charge is -2.13. The van der Waals surface area contributed by atoms with Gasteiger partial charge in [-0.25, -0.2) is 4.42 Å². The quantitative estimate of drug-likeness (QED) is 0.553. The minimum atomic E-state index is -4.01. The predicted octanol–water partition coefficient (Wildman–Crippen LogP) is 0.590. The summed E-state index contributed by atoms with van der Waals surface area (Å²) in [5, 5.41) is 0. The van der Waals surface area contributed by atoms with Gasteiger partial charge in [-0.2, -0.15) is 8.42 Å². The largest absolute Gasteiger partial charge is 0.476 e. The van der Waals surface area contributed by atoms with Gasteiger partial charge in [0.05, 0.1) is 6.04 Å². The molecule has 1 atom stereocenters. The first-order valence-electron chi connectivity index (χ1n) is 3.63. The Kier molecular flexibility index (Phi) is 3.05. The van der Waals surface area contributed by atoms with E-state index in [1.165, 1.54) is 4.42 Å². The molecule has 1 rings (SSSR count). The van der Waals surface area contributed by atoms with Crippen LogP contribution in [0.2, 0.25) is 0 Å². The van der Waals surface area contributed by atoms with Crippen LogP contribution in [0.1, 0.15) is 6.92 Å². The van der Waals surface area contributed by atoms with Crippen molar-refractivity contribution >= 4 is 21.9 Å². The van der Waals surface area contributed by atoms with E-state index < -0.39 is 21.9 Å². The third-order valence-electron chi connectivity index (χ3n) is 1.60. The fraction of sp³-hybridized carbons (Fsp3) is 0.667. The lowest BCUT2D eigenvalue weighted by Crippen LogP contribution is -2.29. The minimum absolute atomic E-state index is 0.170. The summed E-state index contributed by atoms with van der Waals surface area (Å²) in [6.45, 7) is 1.89. The Balaban J connectivity index is 2.66. The smallest absolute Gasteiger partial charge is 0.267 e. The van der Waals surface area contributed by atoms with Crippen molar-refractivity contribution in [2.75, 3.05) is 12.4 Å². The van der Waals surface area contributed by atoms with Gasteiger partial charge in [-0.1, -0.05) is 0 Å². The number of hydrogen-bond donors (Lipinski definition) is 1. The van der Waals surface area contributed by atoms with Crippen molar-refractivity contribution in [2.45, 2.75) is 13.0 Å². The van der Waals surface area contributed by atoms with Gasteiger partial charge in [0.1, 0.15) is 12.4 Å². The van der Waals surface area contributed by atoms with E-state index in [9.17, 15) is 8.42 Å². The van der Waals surface area contributed by atoms with Crippen molar-refractivity contribution in [1.82, 2.24) is 4.42 Å². The maximum absolute atomic E-state index is 10.5. The molecule has 7 heteroatoms. The minimum Gasteiger partial charge on any atom is -0.476 e. The van der Waals surface area contributed by atoms with E-state index in [1.807, 2.05) is 0 Å². The highest BCUT2D eigenvalue weighted by Gasteiger charge is 2.31. The molecule has 5 nitrogen and oxygen atoms in total. The third-order valence-corrected chi connectivity index (χ3v) is 2.85. The van der Waals surface area contributed by atoms with Gasteiger partial charge in [-0.3, -0.25) is 4.55 Å². The van der Waals surface area contributed by atoms with E-state index in [4.69, 9.17) is 21.1 Å². The standard InChI is InChI=1S/C6H10ClNO4S/c1-2-6-8(7)5(3-12-6)4-13(9,10)11/h2,5H,3-4H2,1H3,(H,9,10,11). The Morgan fingerprint density at radius 3 is 2.85 bits per heavy atom. The predicted molar refractivity (Wildman–Crippen MR) is 47.6 cm³/mol. The molecule has 1 heterocycles. The van der Waals surface area contributed by atoms with Gasteiger partial charge in [-0.15, -0.1) is 0 Å². The zero-order valence-electron chi connectivity index (χ0n) is 6.97. The number of hydrogen-bond acceptors (Lipinski definition) is 4. The molecule has 0 aromatic heterocycles. The summed E-state index contributed by atoms with van der Waals surface area (Å²) >= 11 is 5.71. The van der Waals surface area contributed by atoms with Gasteiger partial charge in [-0.05, 0) is 13.0 Å². The number of ether oxygens (including phenoxy) is 1. The van der Waals surface area contributed by atoms with E-state index in [1.54, 1.807) is 13.0 Å². The van der Waals surface area contributed by atoms with Crippen LogP contribution < -0.4 is 0 Å². The first-order valence-corrected chi connectivity index (χ1v) is 5.58. The molecule has 0 aliphatic carbocycles. The fourth-order valence-electron chi connectivity index (χ4n) is 1.05. The Morgan fingerprint density at radius 1 is 1.85 bits per heavy atom. The Morgan fingerprint density at radius 2 is 2.46 bits per heavy atom. The molecule has 0 bridgehead atoms. The van der Waals surface area contributed by atoms with Gasteiger partial charge >= 0.3 is 0 Å². The van der Waals surface area contributed by atoms with Gasteiger partial charge < -0.3 is 4.74 Å². The summed E-state index contributed by atoms with van der Waals surface area (Å²) in [6, 6.07) is -0.525. The molecule has 1 N–H and O–H groups in total. The van der Waals surface area contributed by atoms with E-state index in [0.717, 1.165) is 0 Å². The monoisotopic (exact) mass is 227 g/mol. The lowest BCUT2D eigenvalue weighted by atomic mass is 10.4.